The summed E-state index contributed by atoms with van der Waals surface area (Å²) < 4.78 is 23.1. The van der Waals surface area contributed by atoms with E-state index in [1.807, 2.05) is 0 Å². The van der Waals surface area contributed by atoms with Crippen LogP contribution in [-0.2, 0) is 14.6 Å². The van der Waals surface area contributed by atoms with Crippen LogP contribution < -0.4 is 4.90 Å². The van der Waals surface area contributed by atoms with Crippen LogP contribution in [0.4, 0.5) is 17.1 Å². The molecule has 0 N–H and O–H groups in total. The van der Waals surface area contributed by atoms with Crippen LogP contribution in [0.5, 0.6) is 0 Å². The Balaban J connectivity index is 3.76. The summed E-state index contributed by atoms with van der Waals surface area (Å²) in [6.45, 7) is 1.71. The highest BCUT2D eigenvalue weighted by molar-refractivity contribution is 7.90. The first-order chi connectivity index (χ1) is 10.5. The molecule has 0 saturated heterocycles. The van der Waals surface area contributed by atoms with Crippen molar-refractivity contribution in [1.29, 1.82) is 0 Å². The van der Waals surface area contributed by atoms with Gasteiger partial charge in [0.15, 0.2) is 9.84 Å². The van der Waals surface area contributed by atoms with Gasteiger partial charge in [-0.2, -0.15) is 0 Å². The number of carbonyl (C=O) groups is 1. The SMILES string of the molecule is CCCC(=O)N(C)c1c([N+](=O)[O-])cc(S(C)(=O)=O)cc1[N+](=O)[O-]. The molecular weight excluding hydrogens is 330 g/mol. The molecule has 1 aromatic rings. The second-order valence-corrected chi connectivity index (χ2v) is 6.82. The van der Waals surface area contributed by atoms with Gasteiger partial charge < -0.3 is 4.90 Å². The van der Waals surface area contributed by atoms with Gasteiger partial charge in [-0.15, -0.1) is 0 Å². The summed E-state index contributed by atoms with van der Waals surface area (Å²) in [5, 5.41) is 22.4. The predicted molar refractivity (Wildman–Crippen MR) is 81.2 cm³/mol. The number of hydrogen-bond donors (Lipinski definition) is 0. The molecule has 0 saturated carbocycles. The average Bonchev–Trinajstić information content (AvgIpc) is 2.44. The van der Waals surface area contributed by atoms with E-state index in [0.29, 0.717) is 18.6 Å². The van der Waals surface area contributed by atoms with Gasteiger partial charge in [-0.25, -0.2) is 8.42 Å². The lowest BCUT2D eigenvalue weighted by Gasteiger charge is -2.17. The molecule has 11 heteroatoms. The summed E-state index contributed by atoms with van der Waals surface area (Å²) >= 11 is 0. The van der Waals surface area contributed by atoms with Crippen molar-refractivity contribution in [3.05, 3.63) is 32.4 Å². The van der Waals surface area contributed by atoms with Gasteiger partial charge >= 0.3 is 11.4 Å². The standard InChI is InChI=1S/C12H15N3O7S/c1-4-5-11(16)13(2)12-9(14(17)18)6-8(23(3,21)22)7-10(12)15(19)20/h6-7H,4-5H2,1-3H3. The van der Waals surface area contributed by atoms with Crippen LogP contribution in [0.3, 0.4) is 0 Å². The van der Waals surface area contributed by atoms with E-state index < -0.39 is 47.5 Å². The summed E-state index contributed by atoms with van der Waals surface area (Å²) in [7, 11) is -2.73. The minimum atomic E-state index is -3.90. The molecule has 0 radical (unpaired) electrons. The number of amides is 1. The summed E-state index contributed by atoms with van der Waals surface area (Å²) in [6.07, 6.45) is 1.27. The molecule has 0 unspecified atom stereocenters. The molecule has 0 fully saturated rings. The van der Waals surface area contributed by atoms with Crippen molar-refractivity contribution in [2.24, 2.45) is 0 Å². The molecular formula is C12H15N3O7S. The fourth-order valence-corrected chi connectivity index (χ4v) is 2.57. The van der Waals surface area contributed by atoms with Crippen LogP contribution in [0.15, 0.2) is 17.0 Å². The first kappa shape index (κ1) is 18.5. The van der Waals surface area contributed by atoms with E-state index >= 15 is 0 Å². The van der Waals surface area contributed by atoms with Crippen LogP contribution in [-0.4, -0.2) is 37.5 Å². The van der Waals surface area contributed by atoms with Gasteiger partial charge in [0, 0.05) is 31.9 Å². The largest absolute Gasteiger partial charge is 0.304 e. The first-order valence-electron chi connectivity index (χ1n) is 6.44. The highest BCUT2D eigenvalue weighted by Crippen LogP contribution is 2.39. The Kier molecular flexibility index (Phi) is 5.38. The maximum atomic E-state index is 11.9. The van der Waals surface area contributed by atoms with E-state index in [1.165, 1.54) is 7.05 Å². The maximum Gasteiger partial charge on any atom is 0.301 e. The van der Waals surface area contributed by atoms with E-state index in [1.54, 1.807) is 6.92 Å². The second kappa shape index (κ2) is 6.69. The molecule has 1 aromatic carbocycles. The Bertz CT molecular complexity index is 738. The minimum Gasteiger partial charge on any atom is -0.304 e. The number of rotatable bonds is 6. The minimum absolute atomic E-state index is 0.0403. The Morgan fingerprint density at radius 1 is 1.17 bits per heavy atom. The van der Waals surface area contributed by atoms with Gasteiger partial charge in [0.25, 0.3) is 0 Å². The lowest BCUT2D eigenvalue weighted by atomic mass is 10.2. The highest BCUT2D eigenvalue weighted by Gasteiger charge is 2.33. The van der Waals surface area contributed by atoms with E-state index in [4.69, 9.17) is 0 Å². The Labute approximate surface area is 131 Å². The Hall–Kier alpha value is -2.56. The third-order valence-electron chi connectivity index (χ3n) is 3.04. The number of sulfone groups is 1. The van der Waals surface area contributed by atoms with E-state index in [9.17, 15) is 33.4 Å². The third-order valence-corrected chi connectivity index (χ3v) is 4.13. The molecule has 0 aliphatic rings. The van der Waals surface area contributed by atoms with Crippen molar-refractivity contribution in [3.8, 4) is 0 Å². The van der Waals surface area contributed by atoms with Crippen molar-refractivity contribution in [2.75, 3.05) is 18.2 Å². The highest BCUT2D eigenvalue weighted by atomic mass is 32.2. The summed E-state index contributed by atoms with van der Waals surface area (Å²) in [5.41, 5.74) is -2.16. The normalized spacial score (nSPS) is 11.1. The quantitative estimate of drug-likeness (QED) is 0.564. The van der Waals surface area contributed by atoms with Crippen LogP contribution >= 0.6 is 0 Å². The maximum absolute atomic E-state index is 11.9. The van der Waals surface area contributed by atoms with Crippen molar-refractivity contribution < 1.29 is 23.1 Å². The number of hydrogen-bond acceptors (Lipinski definition) is 7. The second-order valence-electron chi connectivity index (χ2n) is 4.80. The van der Waals surface area contributed by atoms with Crippen molar-refractivity contribution >= 4 is 32.8 Å². The third kappa shape index (κ3) is 4.00. The molecule has 1 rings (SSSR count). The molecule has 10 nitrogen and oxygen atoms in total. The zero-order valence-electron chi connectivity index (χ0n) is 12.7. The number of nitro benzene ring substituents is 2. The smallest absolute Gasteiger partial charge is 0.301 e. The summed E-state index contributed by atoms with van der Waals surface area (Å²) in [5.74, 6) is -0.550. The fourth-order valence-electron chi connectivity index (χ4n) is 1.92. The molecule has 0 heterocycles. The molecule has 0 atom stereocenters. The fraction of sp³-hybridized carbons (Fsp3) is 0.417. The van der Waals surface area contributed by atoms with Gasteiger partial charge in [-0.3, -0.25) is 25.0 Å². The van der Waals surface area contributed by atoms with Gasteiger partial charge in [0.2, 0.25) is 11.6 Å². The van der Waals surface area contributed by atoms with Crippen molar-refractivity contribution in [1.82, 2.24) is 0 Å². The molecule has 0 aliphatic heterocycles. The summed E-state index contributed by atoms with van der Waals surface area (Å²) in [6, 6.07) is 1.43. The van der Waals surface area contributed by atoms with Crippen molar-refractivity contribution in [3.63, 3.8) is 0 Å². The van der Waals surface area contributed by atoms with Gasteiger partial charge in [-0.1, -0.05) is 6.92 Å². The lowest BCUT2D eigenvalue weighted by molar-refractivity contribution is -0.392. The first-order valence-corrected chi connectivity index (χ1v) is 8.33. The van der Waals surface area contributed by atoms with Crippen LogP contribution in [0, 0.1) is 20.2 Å². The van der Waals surface area contributed by atoms with Crippen LogP contribution in [0.2, 0.25) is 0 Å². The number of nitro groups is 2. The Morgan fingerprint density at radius 3 is 1.91 bits per heavy atom. The van der Waals surface area contributed by atoms with Gasteiger partial charge in [0.1, 0.15) is 0 Å². The summed E-state index contributed by atoms with van der Waals surface area (Å²) in [4.78, 5) is 32.7. The van der Waals surface area contributed by atoms with Crippen LogP contribution in [0.25, 0.3) is 0 Å². The van der Waals surface area contributed by atoms with Gasteiger partial charge in [-0.05, 0) is 6.42 Å². The predicted octanol–water partition coefficient (Wildman–Crippen LogP) is 1.67. The molecule has 0 aromatic heterocycles. The molecule has 0 bridgehead atoms. The molecule has 126 valence electrons. The number of anilines is 1. The zero-order valence-corrected chi connectivity index (χ0v) is 13.5. The molecule has 0 aliphatic carbocycles. The number of benzene rings is 1. The van der Waals surface area contributed by atoms with Crippen molar-refractivity contribution in [2.45, 2.75) is 24.7 Å². The van der Waals surface area contributed by atoms with Crippen LogP contribution in [0.1, 0.15) is 19.8 Å². The van der Waals surface area contributed by atoms with Gasteiger partial charge in [0.05, 0.1) is 14.7 Å². The molecule has 1 amide bonds. The average molecular weight is 345 g/mol. The van der Waals surface area contributed by atoms with E-state index in [2.05, 4.69) is 0 Å². The number of carbonyl (C=O) groups excluding carboxylic acids is 1. The Morgan fingerprint density at radius 2 is 1.61 bits per heavy atom. The lowest BCUT2D eigenvalue weighted by Crippen LogP contribution is -2.27. The molecule has 23 heavy (non-hydrogen) atoms. The number of nitrogens with zero attached hydrogens (tertiary/aromatic N) is 3. The van der Waals surface area contributed by atoms with E-state index in [0.717, 1.165) is 11.2 Å². The zero-order chi connectivity index (χ0) is 17.9. The topological polar surface area (TPSA) is 141 Å². The molecule has 0 spiro atoms. The van der Waals surface area contributed by atoms with E-state index in [-0.39, 0.29) is 6.42 Å². The monoisotopic (exact) mass is 345 g/mol.